The van der Waals surface area contributed by atoms with Gasteiger partial charge in [-0.25, -0.2) is 4.39 Å². The summed E-state index contributed by atoms with van der Waals surface area (Å²) in [7, 11) is 0. The first-order valence-corrected chi connectivity index (χ1v) is 8.50. The molecule has 0 N–H and O–H groups in total. The fourth-order valence-electron chi connectivity index (χ4n) is 4.14. The molecule has 0 spiro atoms. The molecule has 2 aliphatic heterocycles. The number of hydrogen-bond donors (Lipinski definition) is 0. The van der Waals surface area contributed by atoms with E-state index in [-0.39, 0.29) is 11.7 Å². The first-order chi connectivity index (χ1) is 10.7. The fraction of sp³-hybridized carbons (Fsp3) is 0.611. The molecule has 1 saturated carbocycles. The third kappa shape index (κ3) is 2.65. The average Bonchev–Trinajstić information content (AvgIpc) is 3.35. The minimum atomic E-state index is -0.208. The molecule has 4 rings (SSSR count). The molecule has 0 unspecified atom stereocenters. The van der Waals surface area contributed by atoms with Crippen molar-refractivity contribution in [3.63, 3.8) is 0 Å². The van der Waals surface area contributed by atoms with Crippen molar-refractivity contribution >= 4 is 5.91 Å². The maximum Gasteiger partial charge on any atom is 0.226 e. The number of halogens is 1. The van der Waals surface area contributed by atoms with Gasteiger partial charge in [0.25, 0.3) is 0 Å². The molecule has 2 heterocycles. The van der Waals surface area contributed by atoms with Gasteiger partial charge in [0, 0.05) is 31.6 Å². The molecule has 0 aromatic heterocycles. The topological polar surface area (TPSA) is 23.6 Å². The number of carbonyl (C=O) groups excluding carboxylic acids is 1. The van der Waals surface area contributed by atoms with E-state index in [1.807, 2.05) is 12.1 Å². The van der Waals surface area contributed by atoms with Gasteiger partial charge in [-0.15, -0.1) is 0 Å². The SMILES string of the molecule is O=C([C@@H]1C[C@@H]1c1ccc(F)cc1)N1CCN2CCCC[C@H]2C1. The molecule has 3 nitrogen and oxygen atoms in total. The Morgan fingerprint density at radius 2 is 1.91 bits per heavy atom. The monoisotopic (exact) mass is 302 g/mol. The van der Waals surface area contributed by atoms with Gasteiger partial charge in [-0.1, -0.05) is 18.6 Å². The molecule has 1 aliphatic carbocycles. The minimum absolute atomic E-state index is 0.126. The molecule has 2 saturated heterocycles. The van der Waals surface area contributed by atoms with Crippen LogP contribution in [0.15, 0.2) is 24.3 Å². The second-order valence-corrected chi connectivity index (χ2v) is 6.97. The number of amides is 1. The molecule has 1 aromatic rings. The first kappa shape index (κ1) is 14.2. The second kappa shape index (κ2) is 5.65. The Labute approximate surface area is 131 Å². The van der Waals surface area contributed by atoms with E-state index in [0.717, 1.165) is 31.6 Å². The number of hydrogen-bond acceptors (Lipinski definition) is 2. The molecule has 4 heteroatoms. The standard InChI is InChI=1S/C18H23FN2O/c19-14-6-4-13(5-7-14)16-11-17(16)18(22)21-10-9-20-8-2-1-3-15(20)12-21/h4-7,15-17H,1-3,8-12H2/t15-,16+,17+/m0/s1. The summed E-state index contributed by atoms with van der Waals surface area (Å²) in [4.78, 5) is 17.4. The average molecular weight is 302 g/mol. The van der Waals surface area contributed by atoms with Gasteiger partial charge in [0.1, 0.15) is 5.82 Å². The lowest BCUT2D eigenvalue weighted by molar-refractivity contribution is -0.136. The van der Waals surface area contributed by atoms with Crippen LogP contribution >= 0.6 is 0 Å². The maximum atomic E-state index is 13.0. The molecule has 3 fully saturated rings. The Kier molecular flexibility index (Phi) is 3.65. The summed E-state index contributed by atoms with van der Waals surface area (Å²) in [5, 5.41) is 0. The molecule has 1 amide bonds. The van der Waals surface area contributed by atoms with Crippen LogP contribution in [0.1, 0.15) is 37.2 Å². The van der Waals surface area contributed by atoms with Crippen molar-refractivity contribution in [3.8, 4) is 0 Å². The van der Waals surface area contributed by atoms with Gasteiger partial charge in [-0.05, 0) is 49.4 Å². The van der Waals surface area contributed by atoms with Crippen molar-refractivity contribution in [2.75, 3.05) is 26.2 Å². The highest BCUT2D eigenvalue weighted by molar-refractivity contribution is 5.83. The Balaban J connectivity index is 1.38. The van der Waals surface area contributed by atoms with Crippen LogP contribution < -0.4 is 0 Å². The number of rotatable bonds is 2. The van der Waals surface area contributed by atoms with E-state index in [4.69, 9.17) is 0 Å². The van der Waals surface area contributed by atoms with Crippen molar-refractivity contribution < 1.29 is 9.18 Å². The van der Waals surface area contributed by atoms with Crippen LogP contribution in [0.4, 0.5) is 4.39 Å². The summed E-state index contributed by atoms with van der Waals surface area (Å²) >= 11 is 0. The molecular weight excluding hydrogens is 279 g/mol. The molecule has 22 heavy (non-hydrogen) atoms. The number of piperidine rings is 1. The van der Waals surface area contributed by atoms with Gasteiger partial charge in [0.05, 0.1) is 0 Å². The number of carbonyl (C=O) groups is 1. The van der Waals surface area contributed by atoms with Crippen molar-refractivity contribution in [2.24, 2.45) is 5.92 Å². The zero-order valence-corrected chi connectivity index (χ0v) is 12.9. The van der Waals surface area contributed by atoms with Gasteiger partial charge in [0.2, 0.25) is 5.91 Å². The van der Waals surface area contributed by atoms with Crippen LogP contribution in [0.5, 0.6) is 0 Å². The lowest BCUT2D eigenvalue weighted by atomic mass is 9.99. The van der Waals surface area contributed by atoms with E-state index in [1.54, 1.807) is 0 Å². The third-order valence-electron chi connectivity index (χ3n) is 5.55. The third-order valence-corrected chi connectivity index (χ3v) is 5.55. The van der Waals surface area contributed by atoms with Gasteiger partial charge in [-0.2, -0.15) is 0 Å². The highest BCUT2D eigenvalue weighted by atomic mass is 19.1. The summed E-state index contributed by atoms with van der Waals surface area (Å²) in [5.41, 5.74) is 1.11. The van der Waals surface area contributed by atoms with Crippen LogP contribution in [0.2, 0.25) is 0 Å². The number of fused-ring (bicyclic) bond motifs is 1. The Morgan fingerprint density at radius 1 is 1.09 bits per heavy atom. The van der Waals surface area contributed by atoms with Crippen LogP contribution in [-0.4, -0.2) is 47.9 Å². The number of piperazine rings is 1. The first-order valence-electron chi connectivity index (χ1n) is 8.50. The highest BCUT2D eigenvalue weighted by Crippen LogP contribution is 2.48. The van der Waals surface area contributed by atoms with E-state index in [1.165, 1.54) is 37.9 Å². The maximum absolute atomic E-state index is 13.0. The largest absolute Gasteiger partial charge is 0.340 e. The van der Waals surface area contributed by atoms with Gasteiger partial charge < -0.3 is 4.90 Å². The van der Waals surface area contributed by atoms with E-state index in [9.17, 15) is 9.18 Å². The van der Waals surface area contributed by atoms with Crippen molar-refractivity contribution in [1.29, 1.82) is 0 Å². The lowest BCUT2D eigenvalue weighted by Crippen LogP contribution is -2.56. The van der Waals surface area contributed by atoms with Crippen molar-refractivity contribution in [1.82, 2.24) is 9.80 Å². The summed E-state index contributed by atoms with van der Waals surface area (Å²) in [6.45, 7) is 4.02. The zero-order chi connectivity index (χ0) is 15.1. The summed E-state index contributed by atoms with van der Waals surface area (Å²) in [5.74, 6) is 0.540. The molecule has 0 bridgehead atoms. The molecular formula is C18H23FN2O. The second-order valence-electron chi connectivity index (χ2n) is 6.97. The van der Waals surface area contributed by atoms with Crippen LogP contribution in [0, 0.1) is 11.7 Å². The molecule has 3 atom stereocenters. The number of benzene rings is 1. The molecule has 0 radical (unpaired) electrons. The van der Waals surface area contributed by atoms with E-state index >= 15 is 0 Å². The summed E-state index contributed by atoms with van der Waals surface area (Å²) in [6.07, 6.45) is 4.76. The van der Waals surface area contributed by atoms with Crippen molar-refractivity contribution in [3.05, 3.63) is 35.6 Å². The number of nitrogens with zero attached hydrogens (tertiary/aromatic N) is 2. The molecule has 118 valence electrons. The smallest absolute Gasteiger partial charge is 0.226 e. The van der Waals surface area contributed by atoms with Crippen LogP contribution in [0.25, 0.3) is 0 Å². The zero-order valence-electron chi connectivity index (χ0n) is 12.9. The Morgan fingerprint density at radius 3 is 2.73 bits per heavy atom. The summed E-state index contributed by atoms with van der Waals surface area (Å²) in [6, 6.07) is 7.22. The Hall–Kier alpha value is -1.42. The highest BCUT2D eigenvalue weighted by Gasteiger charge is 2.46. The van der Waals surface area contributed by atoms with E-state index in [2.05, 4.69) is 9.80 Å². The normalized spacial score (nSPS) is 31.7. The van der Waals surface area contributed by atoms with E-state index in [0.29, 0.717) is 17.9 Å². The van der Waals surface area contributed by atoms with Gasteiger partial charge in [-0.3, -0.25) is 9.69 Å². The summed E-state index contributed by atoms with van der Waals surface area (Å²) < 4.78 is 13.0. The minimum Gasteiger partial charge on any atom is -0.340 e. The quantitative estimate of drug-likeness (QED) is 0.838. The van der Waals surface area contributed by atoms with Gasteiger partial charge in [0.15, 0.2) is 0 Å². The Bertz CT molecular complexity index is 559. The molecule has 3 aliphatic rings. The van der Waals surface area contributed by atoms with Crippen LogP contribution in [0.3, 0.4) is 0 Å². The van der Waals surface area contributed by atoms with Gasteiger partial charge >= 0.3 is 0 Å². The predicted molar refractivity (Wildman–Crippen MR) is 83.0 cm³/mol. The lowest BCUT2D eigenvalue weighted by Gasteiger charge is -2.44. The fourth-order valence-corrected chi connectivity index (χ4v) is 4.14. The van der Waals surface area contributed by atoms with E-state index < -0.39 is 0 Å². The molecule has 1 aromatic carbocycles. The van der Waals surface area contributed by atoms with Crippen molar-refractivity contribution in [2.45, 2.75) is 37.6 Å². The predicted octanol–water partition coefficient (Wildman–Crippen LogP) is 2.63. The van der Waals surface area contributed by atoms with Crippen LogP contribution in [-0.2, 0) is 4.79 Å².